The maximum atomic E-state index is 10.5. The molecule has 0 aliphatic heterocycles. The Bertz CT molecular complexity index is 93.6. The van der Waals surface area contributed by atoms with Gasteiger partial charge in [0.2, 0.25) is 0 Å². The highest BCUT2D eigenvalue weighted by molar-refractivity contribution is 5.68. The SMILES string of the molecule is CCNCCCC(=O)OC. The zero-order valence-corrected chi connectivity index (χ0v) is 6.64. The molecule has 0 bridgehead atoms. The van der Waals surface area contributed by atoms with Crippen LogP contribution >= 0.6 is 0 Å². The van der Waals surface area contributed by atoms with Crippen LogP contribution in [0.4, 0.5) is 0 Å². The average Bonchev–Trinajstić information content (AvgIpc) is 1.98. The van der Waals surface area contributed by atoms with Crippen molar-refractivity contribution in [3.63, 3.8) is 0 Å². The zero-order valence-electron chi connectivity index (χ0n) is 6.64. The van der Waals surface area contributed by atoms with Gasteiger partial charge >= 0.3 is 5.97 Å². The molecule has 60 valence electrons. The average molecular weight is 145 g/mol. The molecule has 3 heteroatoms. The lowest BCUT2D eigenvalue weighted by molar-refractivity contribution is -0.140. The first-order chi connectivity index (χ1) is 4.81. The Labute approximate surface area is 61.8 Å². The third kappa shape index (κ3) is 5.56. The summed E-state index contributed by atoms with van der Waals surface area (Å²) in [7, 11) is 1.41. The molecule has 0 radical (unpaired) electrons. The number of hydrogen-bond donors (Lipinski definition) is 1. The van der Waals surface area contributed by atoms with Gasteiger partial charge in [0.05, 0.1) is 7.11 Å². The van der Waals surface area contributed by atoms with Crippen LogP contribution in [0.3, 0.4) is 0 Å². The van der Waals surface area contributed by atoms with Crippen molar-refractivity contribution < 1.29 is 9.53 Å². The van der Waals surface area contributed by atoms with Crippen molar-refractivity contribution in [2.75, 3.05) is 20.2 Å². The van der Waals surface area contributed by atoms with Gasteiger partial charge in [0.25, 0.3) is 0 Å². The molecule has 0 aliphatic carbocycles. The molecule has 0 aromatic carbocycles. The van der Waals surface area contributed by atoms with Gasteiger partial charge in [-0.15, -0.1) is 0 Å². The number of methoxy groups -OCH3 is 1. The number of carbonyl (C=O) groups excluding carboxylic acids is 1. The Balaban J connectivity index is 2.96. The van der Waals surface area contributed by atoms with Gasteiger partial charge in [-0.05, 0) is 19.5 Å². The molecule has 0 rings (SSSR count). The predicted octanol–water partition coefficient (Wildman–Crippen LogP) is 0.549. The molecule has 0 fully saturated rings. The van der Waals surface area contributed by atoms with Crippen LogP contribution in [-0.2, 0) is 9.53 Å². The van der Waals surface area contributed by atoms with Crippen LogP contribution in [0.1, 0.15) is 19.8 Å². The van der Waals surface area contributed by atoms with E-state index >= 15 is 0 Å². The summed E-state index contributed by atoms with van der Waals surface area (Å²) in [6, 6.07) is 0. The van der Waals surface area contributed by atoms with E-state index in [-0.39, 0.29) is 5.97 Å². The number of esters is 1. The molecular weight excluding hydrogens is 130 g/mol. The van der Waals surface area contributed by atoms with E-state index in [0.717, 1.165) is 19.5 Å². The molecule has 0 atom stereocenters. The summed E-state index contributed by atoms with van der Waals surface area (Å²) in [5, 5.41) is 3.12. The monoisotopic (exact) mass is 145 g/mol. The van der Waals surface area contributed by atoms with Crippen molar-refractivity contribution >= 4 is 5.97 Å². The van der Waals surface area contributed by atoms with Crippen molar-refractivity contribution in [1.29, 1.82) is 0 Å². The maximum absolute atomic E-state index is 10.5. The fraction of sp³-hybridized carbons (Fsp3) is 0.857. The summed E-state index contributed by atoms with van der Waals surface area (Å²) in [6.45, 7) is 3.89. The molecule has 0 saturated heterocycles. The quantitative estimate of drug-likeness (QED) is 0.453. The highest BCUT2D eigenvalue weighted by atomic mass is 16.5. The van der Waals surface area contributed by atoms with Crippen LogP contribution in [0.2, 0.25) is 0 Å². The Hall–Kier alpha value is -0.570. The number of rotatable bonds is 5. The lowest BCUT2D eigenvalue weighted by atomic mass is 10.3. The third-order valence-electron chi connectivity index (χ3n) is 1.21. The molecule has 0 saturated carbocycles. The van der Waals surface area contributed by atoms with Gasteiger partial charge < -0.3 is 10.1 Å². The van der Waals surface area contributed by atoms with E-state index in [2.05, 4.69) is 10.1 Å². The molecule has 3 nitrogen and oxygen atoms in total. The van der Waals surface area contributed by atoms with Crippen molar-refractivity contribution in [3.05, 3.63) is 0 Å². The number of ether oxygens (including phenoxy) is 1. The second kappa shape index (κ2) is 6.55. The fourth-order valence-corrected chi connectivity index (χ4v) is 0.637. The minimum Gasteiger partial charge on any atom is -0.469 e. The van der Waals surface area contributed by atoms with Crippen LogP contribution < -0.4 is 5.32 Å². The van der Waals surface area contributed by atoms with Crippen LogP contribution in [0.5, 0.6) is 0 Å². The molecule has 0 spiro atoms. The molecule has 0 aromatic heterocycles. The lowest BCUT2D eigenvalue weighted by Crippen LogP contribution is -2.15. The summed E-state index contributed by atoms with van der Waals surface area (Å²) in [5.41, 5.74) is 0. The minimum atomic E-state index is -0.127. The summed E-state index contributed by atoms with van der Waals surface area (Å²) in [6.07, 6.45) is 1.38. The van der Waals surface area contributed by atoms with Crippen LogP contribution in [-0.4, -0.2) is 26.2 Å². The summed E-state index contributed by atoms with van der Waals surface area (Å²) < 4.78 is 4.46. The van der Waals surface area contributed by atoms with E-state index in [4.69, 9.17) is 0 Å². The molecular formula is C7H15NO2. The van der Waals surface area contributed by atoms with Gasteiger partial charge in [-0.2, -0.15) is 0 Å². The molecule has 0 aliphatic rings. The second-order valence-electron chi connectivity index (χ2n) is 2.03. The van der Waals surface area contributed by atoms with Crippen LogP contribution in [0.25, 0.3) is 0 Å². The van der Waals surface area contributed by atoms with E-state index in [1.165, 1.54) is 7.11 Å². The van der Waals surface area contributed by atoms with E-state index in [1.54, 1.807) is 0 Å². The largest absolute Gasteiger partial charge is 0.469 e. The number of hydrogen-bond acceptors (Lipinski definition) is 3. The molecule has 0 unspecified atom stereocenters. The third-order valence-corrected chi connectivity index (χ3v) is 1.21. The molecule has 1 N–H and O–H groups in total. The van der Waals surface area contributed by atoms with Crippen molar-refractivity contribution in [1.82, 2.24) is 5.32 Å². The maximum Gasteiger partial charge on any atom is 0.305 e. The smallest absolute Gasteiger partial charge is 0.305 e. The normalized spacial score (nSPS) is 9.40. The van der Waals surface area contributed by atoms with Crippen LogP contribution in [0, 0.1) is 0 Å². The first-order valence-electron chi connectivity index (χ1n) is 3.58. The Kier molecular flexibility index (Phi) is 6.18. The standard InChI is InChI=1S/C7H15NO2/c1-3-8-6-4-5-7(9)10-2/h8H,3-6H2,1-2H3. The molecule has 0 aromatic rings. The Morgan fingerprint density at radius 2 is 2.30 bits per heavy atom. The Morgan fingerprint density at radius 1 is 1.60 bits per heavy atom. The highest BCUT2D eigenvalue weighted by Crippen LogP contribution is 1.88. The first-order valence-corrected chi connectivity index (χ1v) is 3.58. The highest BCUT2D eigenvalue weighted by Gasteiger charge is 1.96. The van der Waals surface area contributed by atoms with Crippen LogP contribution in [0.15, 0.2) is 0 Å². The molecule has 0 amide bonds. The summed E-state index contributed by atoms with van der Waals surface area (Å²) >= 11 is 0. The minimum absolute atomic E-state index is 0.127. The van der Waals surface area contributed by atoms with Gasteiger partial charge in [0.15, 0.2) is 0 Å². The Morgan fingerprint density at radius 3 is 2.80 bits per heavy atom. The van der Waals surface area contributed by atoms with E-state index in [9.17, 15) is 4.79 Å². The lowest BCUT2D eigenvalue weighted by Gasteiger charge is -1.99. The van der Waals surface area contributed by atoms with Gasteiger partial charge in [-0.25, -0.2) is 0 Å². The summed E-state index contributed by atoms with van der Waals surface area (Å²) in [4.78, 5) is 10.5. The number of carbonyl (C=O) groups is 1. The second-order valence-corrected chi connectivity index (χ2v) is 2.03. The zero-order chi connectivity index (χ0) is 7.82. The topological polar surface area (TPSA) is 38.3 Å². The fourth-order valence-electron chi connectivity index (χ4n) is 0.637. The number of nitrogens with one attached hydrogen (secondary N) is 1. The van der Waals surface area contributed by atoms with Gasteiger partial charge in [-0.1, -0.05) is 6.92 Å². The van der Waals surface area contributed by atoms with E-state index in [1.807, 2.05) is 6.92 Å². The van der Waals surface area contributed by atoms with Crippen molar-refractivity contribution in [2.24, 2.45) is 0 Å². The van der Waals surface area contributed by atoms with Gasteiger partial charge in [-0.3, -0.25) is 4.79 Å². The van der Waals surface area contributed by atoms with E-state index < -0.39 is 0 Å². The molecule has 10 heavy (non-hydrogen) atoms. The summed E-state index contributed by atoms with van der Waals surface area (Å²) in [5.74, 6) is -0.127. The molecule has 0 heterocycles. The first kappa shape index (κ1) is 9.43. The van der Waals surface area contributed by atoms with Crippen molar-refractivity contribution in [3.8, 4) is 0 Å². The van der Waals surface area contributed by atoms with E-state index in [0.29, 0.717) is 6.42 Å². The van der Waals surface area contributed by atoms with Gasteiger partial charge in [0, 0.05) is 6.42 Å². The van der Waals surface area contributed by atoms with Gasteiger partial charge in [0.1, 0.15) is 0 Å². The predicted molar refractivity (Wildman–Crippen MR) is 39.8 cm³/mol. The van der Waals surface area contributed by atoms with Crippen molar-refractivity contribution in [2.45, 2.75) is 19.8 Å².